The van der Waals surface area contributed by atoms with Gasteiger partial charge in [-0.1, -0.05) is 30.3 Å². The van der Waals surface area contributed by atoms with Crippen molar-refractivity contribution in [3.05, 3.63) is 65.9 Å². The molecule has 0 spiro atoms. The highest BCUT2D eigenvalue weighted by Crippen LogP contribution is 2.37. The molecule has 27 heavy (non-hydrogen) atoms. The van der Waals surface area contributed by atoms with Gasteiger partial charge < -0.3 is 10.3 Å². The Hall–Kier alpha value is -3.06. The Morgan fingerprint density at radius 2 is 1.63 bits per heavy atom. The summed E-state index contributed by atoms with van der Waals surface area (Å²) in [4.78, 5) is 12.4. The Kier molecular flexibility index (Phi) is 4.80. The lowest BCUT2D eigenvalue weighted by atomic mass is 10.1. The predicted octanol–water partition coefficient (Wildman–Crippen LogP) is 3.59. The molecular formula is C20H21N3O3S. The number of anilines is 2. The molecule has 0 aliphatic rings. The zero-order chi connectivity index (χ0) is 19.8. The largest absolute Gasteiger partial charge is 0.399 e. The number of nitrogens with zero attached hydrogens (tertiary/aromatic N) is 1. The third-order valence-electron chi connectivity index (χ3n) is 4.51. The first-order chi connectivity index (χ1) is 12.7. The van der Waals surface area contributed by atoms with Crippen LogP contribution in [0.5, 0.6) is 0 Å². The zero-order valence-electron chi connectivity index (χ0n) is 15.4. The van der Waals surface area contributed by atoms with Crippen molar-refractivity contribution >= 4 is 27.2 Å². The molecule has 0 aliphatic carbocycles. The number of benzene rings is 2. The van der Waals surface area contributed by atoms with Crippen LogP contribution in [0.4, 0.5) is 11.4 Å². The highest BCUT2D eigenvalue weighted by atomic mass is 32.2. The van der Waals surface area contributed by atoms with Crippen LogP contribution in [0, 0.1) is 6.92 Å². The van der Waals surface area contributed by atoms with E-state index in [0.29, 0.717) is 22.6 Å². The van der Waals surface area contributed by atoms with Gasteiger partial charge in [0.2, 0.25) is 0 Å². The van der Waals surface area contributed by atoms with Crippen LogP contribution in [0.1, 0.15) is 23.0 Å². The van der Waals surface area contributed by atoms with Crippen LogP contribution < -0.4 is 10.5 Å². The lowest BCUT2D eigenvalue weighted by Crippen LogP contribution is -2.15. The summed E-state index contributed by atoms with van der Waals surface area (Å²) >= 11 is 0. The summed E-state index contributed by atoms with van der Waals surface area (Å²) < 4.78 is 30.3. The van der Waals surface area contributed by atoms with Crippen LogP contribution in [0.25, 0.3) is 11.3 Å². The molecule has 3 N–H and O–H groups in total. The molecule has 1 heterocycles. The number of carbonyl (C=O) groups excluding carboxylic acids is 1. The highest BCUT2D eigenvalue weighted by Gasteiger charge is 2.26. The molecular weight excluding hydrogens is 362 g/mol. The molecule has 0 aliphatic heterocycles. The Labute approximate surface area is 158 Å². The van der Waals surface area contributed by atoms with Crippen LogP contribution in [-0.2, 0) is 17.1 Å². The second kappa shape index (κ2) is 6.92. The van der Waals surface area contributed by atoms with Gasteiger partial charge in [0.25, 0.3) is 10.0 Å². The Bertz CT molecular complexity index is 1100. The molecule has 0 unspecified atom stereocenters. The van der Waals surface area contributed by atoms with Gasteiger partial charge in [-0.2, -0.15) is 0 Å². The quantitative estimate of drug-likeness (QED) is 0.520. The first-order valence-electron chi connectivity index (χ1n) is 8.36. The maximum atomic E-state index is 12.9. The minimum atomic E-state index is -3.89. The molecule has 140 valence electrons. The number of hydrogen-bond acceptors (Lipinski definition) is 4. The van der Waals surface area contributed by atoms with Crippen molar-refractivity contribution in [2.24, 2.45) is 7.05 Å². The average molecular weight is 383 g/mol. The van der Waals surface area contributed by atoms with E-state index in [2.05, 4.69) is 4.72 Å². The van der Waals surface area contributed by atoms with Crippen LogP contribution in [0.3, 0.4) is 0 Å². The van der Waals surface area contributed by atoms with Crippen LogP contribution in [0.15, 0.2) is 59.5 Å². The first kappa shape index (κ1) is 18.7. The van der Waals surface area contributed by atoms with Gasteiger partial charge >= 0.3 is 0 Å². The topological polar surface area (TPSA) is 94.2 Å². The van der Waals surface area contributed by atoms with Crippen molar-refractivity contribution in [1.29, 1.82) is 0 Å². The van der Waals surface area contributed by atoms with E-state index in [9.17, 15) is 13.2 Å². The minimum absolute atomic E-state index is 0.0757. The normalized spacial score (nSPS) is 11.4. The summed E-state index contributed by atoms with van der Waals surface area (Å²) in [6.07, 6.45) is 0. The van der Waals surface area contributed by atoms with Gasteiger partial charge in [-0.3, -0.25) is 9.52 Å². The molecule has 0 fully saturated rings. The van der Waals surface area contributed by atoms with Crippen LogP contribution >= 0.6 is 0 Å². The van der Waals surface area contributed by atoms with Gasteiger partial charge in [-0.05, 0) is 38.1 Å². The maximum Gasteiger partial charge on any atom is 0.261 e. The fraction of sp³-hybridized carbons (Fsp3) is 0.150. The van der Waals surface area contributed by atoms with E-state index in [4.69, 9.17) is 5.73 Å². The monoisotopic (exact) mass is 383 g/mol. The van der Waals surface area contributed by atoms with Crippen molar-refractivity contribution in [3.8, 4) is 11.3 Å². The maximum absolute atomic E-state index is 12.9. The molecule has 2 aromatic carbocycles. The fourth-order valence-electron chi connectivity index (χ4n) is 3.11. The number of nitrogen functional groups attached to an aromatic ring is 1. The van der Waals surface area contributed by atoms with E-state index < -0.39 is 10.0 Å². The van der Waals surface area contributed by atoms with Gasteiger partial charge in [0.1, 0.15) is 0 Å². The average Bonchev–Trinajstić information content (AvgIpc) is 2.86. The van der Waals surface area contributed by atoms with Crippen molar-refractivity contribution in [2.75, 3.05) is 10.5 Å². The number of rotatable bonds is 5. The third-order valence-corrected chi connectivity index (χ3v) is 5.88. The van der Waals surface area contributed by atoms with E-state index >= 15 is 0 Å². The van der Waals surface area contributed by atoms with E-state index in [1.807, 2.05) is 41.9 Å². The lowest BCUT2D eigenvalue weighted by molar-refractivity contribution is 0.101. The molecule has 1 aromatic heterocycles. The Balaban J connectivity index is 2.21. The van der Waals surface area contributed by atoms with E-state index in [1.54, 1.807) is 6.92 Å². The molecule has 7 heteroatoms. The summed E-state index contributed by atoms with van der Waals surface area (Å²) in [5.41, 5.74) is 8.90. The van der Waals surface area contributed by atoms with Gasteiger partial charge in [0, 0.05) is 24.0 Å². The molecule has 0 saturated heterocycles. The molecule has 6 nitrogen and oxygen atoms in total. The SMILES string of the molecule is CC(=O)c1c(NS(=O)(=O)c2ccc(N)cc2)c(-c2ccccc2)n(C)c1C. The van der Waals surface area contributed by atoms with E-state index in [-0.39, 0.29) is 16.4 Å². The second-order valence-corrected chi connectivity index (χ2v) is 8.02. The third kappa shape index (κ3) is 3.46. The smallest absolute Gasteiger partial charge is 0.261 e. The van der Waals surface area contributed by atoms with E-state index in [0.717, 1.165) is 5.56 Å². The molecule has 0 radical (unpaired) electrons. The van der Waals surface area contributed by atoms with E-state index in [1.165, 1.54) is 31.2 Å². The number of nitrogens with one attached hydrogen (secondary N) is 1. The second-order valence-electron chi connectivity index (χ2n) is 6.34. The van der Waals surface area contributed by atoms with Gasteiger partial charge in [-0.15, -0.1) is 0 Å². The number of Topliss-reactive ketones (excluding diaryl/α,β-unsaturated/α-hetero) is 1. The summed E-state index contributed by atoms with van der Waals surface area (Å²) in [7, 11) is -2.08. The Morgan fingerprint density at radius 3 is 2.19 bits per heavy atom. The minimum Gasteiger partial charge on any atom is -0.399 e. The zero-order valence-corrected chi connectivity index (χ0v) is 16.2. The van der Waals surface area contributed by atoms with Crippen LogP contribution in [-0.4, -0.2) is 18.8 Å². The fourth-order valence-corrected chi connectivity index (χ4v) is 4.19. The molecule has 0 amide bonds. The number of ketones is 1. The molecule has 0 bridgehead atoms. The number of sulfonamides is 1. The van der Waals surface area contributed by atoms with Gasteiger partial charge in [0.15, 0.2) is 5.78 Å². The number of hydrogen-bond donors (Lipinski definition) is 2. The van der Waals surface area contributed by atoms with Gasteiger partial charge in [-0.25, -0.2) is 8.42 Å². The molecule has 3 aromatic rings. The predicted molar refractivity (Wildman–Crippen MR) is 107 cm³/mol. The Morgan fingerprint density at radius 1 is 1.04 bits per heavy atom. The van der Waals surface area contributed by atoms with Crippen LogP contribution in [0.2, 0.25) is 0 Å². The first-order valence-corrected chi connectivity index (χ1v) is 9.84. The summed E-state index contributed by atoms with van der Waals surface area (Å²) in [6.45, 7) is 3.22. The highest BCUT2D eigenvalue weighted by molar-refractivity contribution is 7.92. The number of nitrogens with two attached hydrogens (primary N) is 1. The summed E-state index contributed by atoms with van der Waals surface area (Å²) in [5, 5.41) is 0. The lowest BCUT2D eigenvalue weighted by Gasteiger charge is -2.12. The number of aromatic nitrogens is 1. The molecule has 0 saturated carbocycles. The summed E-state index contributed by atoms with van der Waals surface area (Å²) in [5.74, 6) is -0.208. The molecule has 0 atom stereocenters. The van der Waals surface area contributed by atoms with Crippen molar-refractivity contribution in [2.45, 2.75) is 18.7 Å². The van der Waals surface area contributed by atoms with Crippen molar-refractivity contribution in [3.63, 3.8) is 0 Å². The van der Waals surface area contributed by atoms with Crippen molar-refractivity contribution in [1.82, 2.24) is 4.57 Å². The molecule has 3 rings (SSSR count). The standard InChI is InChI=1S/C20H21N3O3S/c1-13-18(14(2)24)19(20(23(13)3)15-7-5-4-6-8-15)22-27(25,26)17-11-9-16(21)10-12-17/h4-12,22H,21H2,1-3H3. The van der Waals surface area contributed by atoms with Gasteiger partial charge in [0.05, 0.1) is 21.8 Å². The van der Waals surface area contributed by atoms with Crippen molar-refractivity contribution < 1.29 is 13.2 Å². The summed E-state index contributed by atoms with van der Waals surface area (Å²) in [6, 6.07) is 15.3. The number of carbonyl (C=O) groups is 1.